The molecule has 2 rings (SSSR count). The molecular formula is C23H30O6. The number of hydrogen-bond acceptors (Lipinski definition) is 6. The standard InChI is InChI=1S/C23H30O6/c1-17-8-7-11-22(24)28-16-21(26-3)18(2)12-13-20(23(25)29-14-17)27-15-19-9-5-4-6-10-19/h4-10,12-13,17-18,20-21H,11,14-16H2,1-3H3/b8-7-,13-12-/t17-,18-,20-,21-/m0/s1. The summed E-state index contributed by atoms with van der Waals surface area (Å²) in [4.78, 5) is 24.5. The van der Waals surface area contributed by atoms with E-state index >= 15 is 0 Å². The topological polar surface area (TPSA) is 71.1 Å². The average molecular weight is 402 g/mol. The molecule has 0 saturated heterocycles. The normalized spacial score (nSPS) is 29.1. The van der Waals surface area contributed by atoms with Crippen LogP contribution in [0, 0.1) is 11.8 Å². The number of methoxy groups -OCH3 is 1. The number of esters is 2. The maximum Gasteiger partial charge on any atom is 0.339 e. The Hall–Kier alpha value is -2.44. The van der Waals surface area contributed by atoms with Gasteiger partial charge in [-0.25, -0.2) is 4.79 Å². The van der Waals surface area contributed by atoms with Crippen LogP contribution in [0.3, 0.4) is 0 Å². The summed E-state index contributed by atoms with van der Waals surface area (Å²) < 4.78 is 22.0. The third kappa shape index (κ3) is 8.21. The zero-order chi connectivity index (χ0) is 21.1. The zero-order valence-electron chi connectivity index (χ0n) is 17.3. The van der Waals surface area contributed by atoms with Gasteiger partial charge in [0.25, 0.3) is 0 Å². The van der Waals surface area contributed by atoms with Gasteiger partial charge in [-0.05, 0) is 11.6 Å². The van der Waals surface area contributed by atoms with Crippen molar-refractivity contribution in [3.8, 4) is 0 Å². The van der Waals surface area contributed by atoms with Crippen molar-refractivity contribution in [1.82, 2.24) is 0 Å². The maximum atomic E-state index is 12.6. The first-order valence-corrected chi connectivity index (χ1v) is 9.85. The van der Waals surface area contributed by atoms with Crippen molar-refractivity contribution in [2.75, 3.05) is 20.3 Å². The lowest BCUT2D eigenvalue weighted by Gasteiger charge is -2.20. The van der Waals surface area contributed by atoms with Crippen LogP contribution in [0.25, 0.3) is 0 Å². The van der Waals surface area contributed by atoms with Crippen molar-refractivity contribution in [2.24, 2.45) is 11.8 Å². The van der Waals surface area contributed by atoms with Crippen LogP contribution in [0.2, 0.25) is 0 Å². The van der Waals surface area contributed by atoms with E-state index < -0.39 is 12.1 Å². The first-order chi connectivity index (χ1) is 14.0. The van der Waals surface area contributed by atoms with E-state index in [0.29, 0.717) is 6.61 Å². The van der Waals surface area contributed by atoms with Crippen molar-refractivity contribution >= 4 is 11.9 Å². The van der Waals surface area contributed by atoms with Crippen LogP contribution in [0.5, 0.6) is 0 Å². The van der Waals surface area contributed by atoms with Crippen molar-refractivity contribution in [3.63, 3.8) is 0 Å². The van der Waals surface area contributed by atoms with Crippen LogP contribution in [0.1, 0.15) is 25.8 Å². The molecule has 0 bridgehead atoms. The van der Waals surface area contributed by atoms with E-state index in [1.165, 1.54) is 0 Å². The lowest BCUT2D eigenvalue weighted by Crippen LogP contribution is -2.28. The fourth-order valence-electron chi connectivity index (χ4n) is 2.78. The molecule has 1 aliphatic heterocycles. The van der Waals surface area contributed by atoms with Gasteiger partial charge in [-0.3, -0.25) is 4.79 Å². The van der Waals surface area contributed by atoms with Crippen molar-refractivity contribution in [3.05, 3.63) is 60.2 Å². The first kappa shape index (κ1) is 22.8. The zero-order valence-corrected chi connectivity index (χ0v) is 17.3. The molecule has 29 heavy (non-hydrogen) atoms. The second-order valence-electron chi connectivity index (χ2n) is 7.16. The predicted molar refractivity (Wildman–Crippen MR) is 109 cm³/mol. The third-order valence-corrected chi connectivity index (χ3v) is 4.63. The smallest absolute Gasteiger partial charge is 0.339 e. The third-order valence-electron chi connectivity index (χ3n) is 4.63. The average Bonchev–Trinajstić information content (AvgIpc) is 2.72. The molecule has 0 aliphatic carbocycles. The fourth-order valence-corrected chi connectivity index (χ4v) is 2.78. The van der Waals surface area contributed by atoms with E-state index in [-0.39, 0.29) is 43.5 Å². The van der Waals surface area contributed by atoms with Gasteiger partial charge in [0.1, 0.15) is 6.61 Å². The molecule has 0 radical (unpaired) electrons. The van der Waals surface area contributed by atoms with Crippen LogP contribution in [0.15, 0.2) is 54.6 Å². The lowest BCUT2D eigenvalue weighted by atomic mass is 10.0. The van der Waals surface area contributed by atoms with Crippen LogP contribution >= 0.6 is 0 Å². The van der Waals surface area contributed by atoms with E-state index in [1.54, 1.807) is 19.3 Å². The van der Waals surface area contributed by atoms with E-state index in [2.05, 4.69) is 0 Å². The van der Waals surface area contributed by atoms with Crippen molar-refractivity contribution < 1.29 is 28.5 Å². The summed E-state index contributed by atoms with van der Waals surface area (Å²) >= 11 is 0. The van der Waals surface area contributed by atoms with E-state index in [0.717, 1.165) is 5.56 Å². The molecule has 0 amide bonds. The molecule has 6 nitrogen and oxygen atoms in total. The second kappa shape index (κ2) is 12.2. The Bertz CT molecular complexity index is 697. The summed E-state index contributed by atoms with van der Waals surface area (Å²) in [6.07, 6.45) is 6.09. The summed E-state index contributed by atoms with van der Waals surface area (Å²) in [6.45, 7) is 4.48. The van der Waals surface area contributed by atoms with Gasteiger partial charge in [0, 0.05) is 18.9 Å². The molecule has 158 valence electrons. The number of carbonyl (C=O) groups is 2. The Balaban J connectivity index is 2.14. The van der Waals surface area contributed by atoms with Gasteiger partial charge in [0.05, 0.1) is 25.7 Å². The number of benzene rings is 1. The number of rotatable bonds is 4. The molecule has 0 aromatic heterocycles. The number of ether oxygens (including phenoxy) is 4. The van der Waals surface area contributed by atoms with Gasteiger partial charge >= 0.3 is 11.9 Å². The first-order valence-electron chi connectivity index (χ1n) is 9.85. The highest BCUT2D eigenvalue weighted by Crippen LogP contribution is 2.14. The summed E-state index contributed by atoms with van der Waals surface area (Å²) in [5, 5.41) is 0. The molecule has 0 unspecified atom stereocenters. The van der Waals surface area contributed by atoms with E-state index in [1.807, 2.05) is 56.3 Å². The summed E-state index contributed by atoms with van der Waals surface area (Å²) in [5.74, 6) is -0.882. The quantitative estimate of drug-likeness (QED) is 0.567. The van der Waals surface area contributed by atoms with Crippen molar-refractivity contribution in [1.29, 1.82) is 0 Å². The molecular weight excluding hydrogens is 372 g/mol. The van der Waals surface area contributed by atoms with Crippen molar-refractivity contribution in [2.45, 2.75) is 39.1 Å². The van der Waals surface area contributed by atoms with Gasteiger partial charge < -0.3 is 18.9 Å². The Morgan fingerprint density at radius 3 is 2.48 bits per heavy atom. The molecule has 1 aromatic carbocycles. The molecule has 6 heteroatoms. The molecule has 0 saturated carbocycles. The minimum Gasteiger partial charge on any atom is -0.463 e. The SMILES string of the molecule is CO[C@H]1COC(=O)C/C=C\[C@H](C)COC(=O)[C@@H](OCc2ccccc2)/C=C\[C@@H]1C. The van der Waals surface area contributed by atoms with Crippen LogP contribution in [0.4, 0.5) is 0 Å². The van der Waals surface area contributed by atoms with Gasteiger partial charge in [-0.2, -0.15) is 0 Å². The Kier molecular flexibility index (Phi) is 9.60. The largest absolute Gasteiger partial charge is 0.463 e. The molecule has 1 aromatic rings. The maximum absolute atomic E-state index is 12.6. The highest BCUT2D eigenvalue weighted by atomic mass is 16.6. The summed E-state index contributed by atoms with van der Waals surface area (Å²) in [6, 6.07) is 9.64. The van der Waals surface area contributed by atoms with Crippen LogP contribution in [-0.4, -0.2) is 44.5 Å². The molecule has 1 heterocycles. The van der Waals surface area contributed by atoms with E-state index in [9.17, 15) is 9.59 Å². The molecule has 0 fully saturated rings. The molecule has 0 N–H and O–H groups in total. The highest BCUT2D eigenvalue weighted by Gasteiger charge is 2.22. The minimum atomic E-state index is -0.834. The molecule has 1 aliphatic rings. The number of hydrogen-bond donors (Lipinski definition) is 0. The Morgan fingerprint density at radius 1 is 1.00 bits per heavy atom. The minimum absolute atomic E-state index is 0.0266. The van der Waals surface area contributed by atoms with Gasteiger partial charge in [-0.15, -0.1) is 0 Å². The monoisotopic (exact) mass is 402 g/mol. The van der Waals surface area contributed by atoms with E-state index in [4.69, 9.17) is 18.9 Å². The predicted octanol–water partition coefficient (Wildman–Crippen LogP) is 3.46. The fraction of sp³-hybridized carbons (Fsp3) is 0.478. The Labute approximate surface area is 172 Å². The number of carbonyl (C=O) groups excluding carboxylic acids is 2. The summed E-state index contributed by atoms with van der Waals surface area (Å²) in [7, 11) is 1.57. The highest BCUT2D eigenvalue weighted by molar-refractivity contribution is 5.77. The number of cyclic esters (lactones) is 2. The second-order valence-corrected chi connectivity index (χ2v) is 7.16. The molecule has 0 spiro atoms. The Morgan fingerprint density at radius 2 is 1.76 bits per heavy atom. The van der Waals surface area contributed by atoms with Crippen LogP contribution < -0.4 is 0 Å². The molecule has 4 atom stereocenters. The summed E-state index contributed by atoms with van der Waals surface area (Å²) in [5.41, 5.74) is 0.968. The van der Waals surface area contributed by atoms with Gasteiger partial charge in [0.15, 0.2) is 6.10 Å². The van der Waals surface area contributed by atoms with Gasteiger partial charge in [-0.1, -0.05) is 62.4 Å². The van der Waals surface area contributed by atoms with Crippen LogP contribution in [-0.2, 0) is 35.1 Å². The van der Waals surface area contributed by atoms with Gasteiger partial charge in [0.2, 0.25) is 0 Å². The lowest BCUT2D eigenvalue weighted by molar-refractivity contribution is -0.155.